The van der Waals surface area contributed by atoms with Gasteiger partial charge in [0.2, 0.25) is 0 Å². The number of aromatic nitrogens is 2. The average molecular weight is 343 g/mol. The summed E-state index contributed by atoms with van der Waals surface area (Å²) in [5.41, 5.74) is 1.87. The van der Waals surface area contributed by atoms with Crippen LogP contribution in [0.5, 0.6) is 0 Å². The van der Waals surface area contributed by atoms with Crippen LogP contribution in [0.25, 0.3) is 5.69 Å². The summed E-state index contributed by atoms with van der Waals surface area (Å²) in [4.78, 5) is 0. The Morgan fingerprint density at radius 3 is 2.76 bits per heavy atom. The van der Waals surface area contributed by atoms with Crippen molar-refractivity contribution >= 4 is 0 Å². The molecule has 1 aromatic heterocycles. The lowest BCUT2D eigenvalue weighted by Gasteiger charge is -2.19. The highest BCUT2D eigenvalue weighted by Crippen LogP contribution is 2.20. The largest absolute Gasteiger partial charge is 0.387 e. The van der Waals surface area contributed by atoms with Gasteiger partial charge in [-0.1, -0.05) is 12.1 Å². The fourth-order valence-electron chi connectivity index (χ4n) is 2.64. The van der Waals surface area contributed by atoms with Crippen molar-refractivity contribution < 1.29 is 13.9 Å². The van der Waals surface area contributed by atoms with E-state index in [0.29, 0.717) is 0 Å². The van der Waals surface area contributed by atoms with Crippen molar-refractivity contribution in [3.05, 3.63) is 83.7 Å². The molecule has 2 N–H and O–H groups in total. The van der Waals surface area contributed by atoms with Crippen LogP contribution >= 0.6 is 0 Å². The summed E-state index contributed by atoms with van der Waals surface area (Å²) in [5, 5.41) is 17.5. The molecule has 3 rings (SSSR count). The van der Waals surface area contributed by atoms with Gasteiger partial charge in [-0.25, -0.2) is 13.5 Å². The molecule has 2 aromatic carbocycles. The van der Waals surface area contributed by atoms with Gasteiger partial charge in [0.25, 0.3) is 0 Å². The highest BCUT2D eigenvalue weighted by molar-refractivity contribution is 5.36. The van der Waals surface area contributed by atoms with Gasteiger partial charge in [-0.3, -0.25) is 0 Å². The highest BCUT2D eigenvalue weighted by Gasteiger charge is 2.15. The molecular formula is C19H19F2N3O. The molecule has 3 aromatic rings. The van der Waals surface area contributed by atoms with E-state index in [4.69, 9.17) is 0 Å². The molecular weight excluding hydrogens is 324 g/mol. The third-order valence-corrected chi connectivity index (χ3v) is 4.07. The van der Waals surface area contributed by atoms with Crippen LogP contribution in [0.3, 0.4) is 0 Å². The Balaban J connectivity index is 1.67. The van der Waals surface area contributed by atoms with Gasteiger partial charge < -0.3 is 10.4 Å². The Labute approximate surface area is 144 Å². The monoisotopic (exact) mass is 343 g/mol. The lowest BCUT2D eigenvalue weighted by molar-refractivity contribution is 0.166. The molecule has 0 saturated heterocycles. The van der Waals surface area contributed by atoms with E-state index >= 15 is 0 Å². The molecule has 0 fully saturated rings. The number of nitrogens with one attached hydrogen (secondary N) is 1. The normalized spacial score (nSPS) is 13.6. The van der Waals surface area contributed by atoms with Gasteiger partial charge in [0.05, 0.1) is 11.8 Å². The molecule has 0 radical (unpaired) electrons. The van der Waals surface area contributed by atoms with E-state index in [1.165, 1.54) is 0 Å². The molecule has 0 saturated carbocycles. The second kappa shape index (κ2) is 7.55. The summed E-state index contributed by atoms with van der Waals surface area (Å²) in [6.07, 6.45) is 2.43. The number of hydrogen-bond acceptors (Lipinski definition) is 3. The smallest absolute Gasteiger partial charge is 0.129 e. The fraction of sp³-hybridized carbons (Fsp3) is 0.211. The fourth-order valence-corrected chi connectivity index (χ4v) is 2.64. The van der Waals surface area contributed by atoms with E-state index in [1.807, 2.05) is 43.5 Å². The lowest BCUT2D eigenvalue weighted by atomic mass is 10.1. The maximum atomic E-state index is 13.7. The van der Waals surface area contributed by atoms with Crippen LogP contribution in [0.2, 0.25) is 0 Å². The summed E-state index contributed by atoms with van der Waals surface area (Å²) >= 11 is 0. The first-order valence-corrected chi connectivity index (χ1v) is 8.01. The van der Waals surface area contributed by atoms with Gasteiger partial charge in [0, 0.05) is 30.5 Å². The maximum absolute atomic E-state index is 13.7. The summed E-state index contributed by atoms with van der Waals surface area (Å²) in [6, 6.07) is 12.6. The van der Waals surface area contributed by atoms with E-state index < -0.39 is 17.7 Å². The van der Waals surface area contributed by atoms with Gasteiger partial charge in [0.15, 0.2) is 0 Å². The molecule has 0 amide bonds. The molecule has 0 aliphatic heterocycles. The van der Waals surface area contributed by atoms with Crippen molar-refractivity contribution in [2.24, 2.45) is 0 Å². The third-order valence-electron chi connectivity index (χ3n) is 4.07. The number of aliphatic hydroxyl groups excluding tert-OH is 1. The first kappa shape index (κ1) is 17.3. The Morgan fingerprint density at radius 2 is 2.00 bits per heavy atom. The number of halogens is 2. The Hall–Kier alpha value is -2.57. The summed E-state index contributed by atoms with van der Waals surface area (Å²) in [6.45, 7) is 2.05. The van der Waals surface area contributed by atoms with Crippen LogP contribution in [0.1, 0.15) is 30.2 Å². The van der Waals surface area contributed by atoms with Crippen molar-refractivity contribution in [1.82, 2.24) is 15.1 Å². The molecule has 130 valence electrons. The van der Waals surface area contributed by atoms with Crippen LogP contribution in [0.4, 0.5) is 8.78 Å². The molecule has 0 bridgehead atoms. The highest BCUT2D eigenvalue weighted by atomic mass is 19.1. The minimum absolute atomic E-state index is 0.0509. The Kier molecular flexibility index (Phi) is 5.21. The number of aliphatic hydroxyl groups is 1. The van der Waals surface area contributed by atoms with Crippen molar-refractivity contribution in [2.75, 3.05) is 6.54 Å². The Bertz CT molecular complexity index is 836. The van der Waals surface area contributed by atoms with Gasteiger partial charge in [-0.2, -0.15) is 5.10 Å². The zero-order chi connectivity index (χ0) is 17.8. The minimum Gasteiger partial charge on any atom is -0.387 e. The molecule has 0 aliphatic rings. The van der Waals surface area contributed by atoms with Gasteiger partial charge in [-0.15, -0.1) is 0 Å². The van der Waals surface area contributed by atoms with Crippen molar-refractivity contribution in [3.63, 3.8) is 0 Å². The zero-order valence-corrected chi connectivity index (χ0v) is 13.7. The summed E-state index contributed by atoms with van der Waals surface area (Å²) < 4.78 is 28.7. The van der Waals surface area contributed by atoms with Crippen LogP contribution in [-0.2, 0) is 0 Å². The number of hydrogen-bond donors (Lipinski definition) is 2. The van der Waals surface area contributed by atoms with Gasteiger partial charge >= 0.3 is 0 Å². The molecule has 2 unspecified atom stereocenters. The van der Waals surface area contributed by atoms with E-state index in [1.54, 1.807) is 10.9 Å². The number of rotatable bonds is 6. The minimum atomic E-state index is -1.13. The predicted molar refractivity (Wildman–Crippen MR) is 91.3 cm³/mol. The summed E-state index contributed by atoms with van der Waals surface area (Å²) in [7, 11) is 0. The van der Waals surface area contributed by atoms with Gasteiger partial charge in [0.1, 0.15) is 11.6 Å². The van der Waals surface area contributed by atoms with Crippen molar-refractivity contribution in [3.8, 4) is 5.69 Å². The van der Waals surface area contributed by atoms with Crippen molar-refractivity contribution in [2.45, 2.75) is 19.1 Å². The molecule has 0 spiro atoms. The lowest BCUT2D eigenvalue weighted by Crippen LogP contribution is -2.25. The van der Waals surface area contributed by atoms with E-state index in [9.17, 15) is 13.9 Å². The van der Waals surface area contributed by atoms with Crippen molar-refractivity contribution in [1.29, 1.82) is 0 Å². The molecule has 1 heterocycles. The molecule has 2 atom stereocenters. The van der Waals surface area contributed by atoms with Crippen LogP contribution in [-0.4, -0.2) is 21.4 Å². The molecule has 0 aliphatic carbocycles. The first-order chi connectivity index (χ1) is 12.0. The van der Waals surface area contributed by atoms with Crippen LogP contribution in [0, 0.1) is 11.6 Å². The van der Waals surface area contributed by atoms with Gasteiger partial charge in [-0.05, 0) is 48.9 Å². The molecule has 4 nitrogen and oxygen atoms in total. The molecule has 6 heteroatoms. The topological polar surface area (TPSA) is 50.1 Å². The SMILES string of the molecule is CC(NCC(O)c1cc(F)ccc1F)c1cccc(-n2cccn2)c1. The standard InChI is InChI=1S/C19H19F2N3O/c1-13(14-4-2-5-16(10-14)24-9-3-8-23-24)22-12-19(25)17-11-15(20)6-7-18(17)21/h2-11,13,19,22,25H,12H2,1H3. The first-order valence-electron chi connectivity index (χ1n) is 8.01. The zero-order valence-electron chi connectivity index (χ0n) is 13.7. The van der Waals surface area contributed by atoms with E-state index in [2.05, 4.69) is 10.4 Å². The van der Waals surface area contributed by atoms with E-state index in [-0.39, 0.29) is 18.2 Å². The average Bonchev–Trinajstić information content (AvgIpc) is 3.16. The Morgan fingerprint density at radius 1 is 1.16 bits per heavy atom. The number of benzene rings is 2. The van der Waals surface area contributed by atoms with E-state index in [0.717, 1.165) is 29.4 Å². The van der Waals surface area contributed by atoms with Crippen LogP contribution < -0.4 is 5.32 Å². The molecule has 25 heavy (non-hydrogen) atoms. The third kappa shape index (κ3) is 4.10. The quantitative estimate of drug-likeness (QED) is 0.720. The van der Waals surface area contributed by atoms with Crippen LogP contribution in [0.15, 0.2) is 60.9 Å². The number of nitrogens with zero attached hydrogens (tertiary/aromatic N) is 2. The second-order valence-corrected chi connectivity index (χ2v) is 5.86. The maximum Gasteiger partial charge on any atom is 0.129 e. The second-order valence-electron chi connectivity index (χ2n) is 5.86. The predicted octanol–water partition coefficient (Wildman–Crippen LogP) is 3.53. The summed E-state index contributed by atoms with van der Waals surface area (Å²) in [5.74, 6) is -1.19.